The van der Waals surface area contributed by atoms with Crippen molar-refractivity contribution < 1.29 is 37.5 Å². The van der Waals surface area contributed by atoms with E-state index < -0.39 is 11.6 Å². The Kier molecular flexibility index (Phi) is 33.5. The zero-order chi connectivity index (χ0) is 64.2. The Hall–Kier alpha value is -5.03. The number of nitrogens with two attached hydrogens (primary N) is 3. The Morgan fingerprint density at radius 2 is 0.816 bits per heavy atom. The maximum Gasteiger partial charge on any atom is 0.251 e. The van der Waals surface area contributed by atoms with Crippen molar-refractivity contribution in [3.8, 4) is 0 Å². The van der Waals surface area contributed by atoms with E-state index in [0.717, 1.165) is 89.1 Å². The summed E-state index contributed by atoms with van der Waals surface area (Å²) in [5.74, 6) is -0.247. The van der Waals surface area contributed by atoms with Crippen LogP contribution in [0.3, 0.4) is 0 Å². The summed E-state index contributed by atoms with van der Waals surface area (Å²) in [6.07, 6.45) is 10.2. The average Bonchev–Trinajstić information content (AvgIpc) is 3.95. The van der Waals surface area contributed by atoms with E-state index in [1.165, 1.54) is 30.3 Å². The van der Waals surface area contributed by atoms with Crippen LogP contribution in [0.15, 0.2) is 54.6 Å². The zero-order valence-electron chi connectivity index (χ0n) is 52.3. The maximum absolute atomic E-state index is 13.6. The molecule has 12 N–H and O–H groups in total. The first kappa shape index (κ1) is 74.4. The summed E-state index contributed by atoms with van der Waals surface area (Å²) < 4.78 is 26.9. The lowest BCUT2D eigenvalue weighted by Gasteiger charge is -2.27. The molecular weight excluding hydrogens is 1180 g/mol. The first-order chi connectivity index (χ1) is 41.7. The van der Waals surface area contributed by atoms with Crippen molar-refractivity contribution >= 4 is 70.2 Å². The van der Waals surface area contributed by atoms with Gasteiger partial charge in [-0.15, -0.1) is 0 Å². The van der Waals surface area contributed by atoms with E-state index in [4.69, 9.17) is 52.0 Å². The molecule has 23 heteroatoms. The van der Waals surface area contributed by atoms with Gasteiger partial charge in [-0.2, -0.15) is 0 Å². The number of hydrogen-bond donors (Lipinski definition) is 9. The minimum Gasteiger partial charge on any atom is -0.350 e. The predicted molar refractivity (Wildman–Crippen MR) is 345 cm³/mol. The molecule has 3 saturated heterocycles. The van der Waals surface area contributed by atoms with Crippen LogP contribution in [0, 0.1) is 36.3 Å². The molecule has 3 aromatic carbocycles. The van der Waals surface area contributed by atoms with Crippen molar-refractivity contribution in [3.05, 3.63) is 104 Å². The van der Waals surface area contributed by atoms with E-state index in [1.54, 1.807) is 18.2 Å². The Morgan fingerprint density at radius 1 is 0.494 bits per heavy atom. The largest absolute Gasteiger partial charge is 0.350 e. The summed E-state index contributed by atoms with van der Waals surface area (Å²) in [5.41, 5.74) is 19.2. The van der Waals surface area contributed by atoms with Crippen LogP contribution in [-0.2, 0) is 14.4 Å². The van der Waals surface area contributed by atoms with Gasteiger partial charge in [0.15, 0.2) is 0 Å². The molecule has 486 valence electrons. The molecule has 3 aliphatic rings. The molecule has 3 aromatic rings. The van der Waals surface area contributed by atoms with Gasteiger partial charge >= 0.3 is 0 Å². The van der Waals surface area contributed by atoms with Crippen molar-refractivity contribution in [1.82, 2.24) is 46.6 Å². The quantitative estimate of drug-likeness (QED) is 0.0354. The van der Waals surface area contributed by atoms with E-state index in [2.05, 4.69) is 73.4 Å². The third-order valence-corrected chi connectivity index (χ3v) is 18.0. The second-order valence-corrected chi connectivity index (χ2v) is 24.3. The van der Waals surface area contributed by atoms with Gasteiger partial charge in [-0.25, -0.2) is 8.78 Å². The molecule has 0 aromatic heterocycles. The van der Waals surface area contributed by atoms with Gasteiger partial charge in [-0.1, -0.05) is 115 Å². The number of carbonyl (C=O) groups excluding carboxylic acids is 6. The van der Waals surface area contributed by atoms with Gasteiger partial charge in [0.05, 0.1) is 28.2 Å². The lowest BCUT2D eigenvalue weighted by Crippen LogP contribution is -2.50. The molecular formula is C64H99Cl3F2N12O6. The molecule has 0 unspecified atom stereocenters. The fourth-order valence-corrected chi connectivity index (χ4v) is 11.4. The third-order valence-electron chi connectivity index (χ3n) is 17.0. The molecule has 18 nitrogen and oxygen atoms in total. The second kappa shape index (κ2) is 39.2. The molecule has 0 spiro atoms. The predicted octanol–water partition coefficient (Wildman–Crippen LogP) is 7.83. The lowest BCUT2D eigenvalue weighted by atomic mass is 10.0. The summed E-state index contributed by atoms with van der Waals surface area (Å²) in [6.45, 7) is 21.5. The number of aryl methyl sites for hydroxylation is 1. The molecule has 3 heterocycles. The smallest absolute Gasteiger partial charge is 0.251 e. The van der Waals surface area contributed by atoms with Crippen LogP contribution in [-0.4, -0.2) is 165 Å². The highest BCUT2D eigenvalue weighted by Crippen LogP contribution is 2.22. The number of halogens is 5. The van der Waals surface area contributed by atoms with Gasteiger partial charge in [-0.05, 0) is 143 Å². The van der Waals surface area contributed by atoms with E-state index >= 15 is 0 Å². The first-order valence-electron chi connectivity index (χ1n) is 31.4. The molecule has 0 bridgehead atoms. The third kappa shape index (κ3) is 24.0. The molecule has 3 fully saturated rings. The minimum absolute atomic E-state index is 0.0207. The average molecular weight is 1280 g/mol. The summed E-state index contributed by atoms with van der Waals surface area (Å²) in [4.78, 5) is 82.0. The van der Waals surface area contributed by atoms with Gasteiger partial charge in [0, 0.05) is 98.7 Å². The molecule has 0 radical (unpaired) electrons. The normalized spacial score (nSPS) is 20.1. The number of amides is 6. The SMILES string of the molecule is CCC(CC)CN1CC[C@@H](CNC(=O)c2ccc(Cl)c(C)c2)N[C@@H](CCN)C1=O.CCC(CC)CN1CC[C@@H](CNC(=O)c2ccc(Cl)c(F)c2)N[C@@H](CCN)C1=O.CCC(CC)CN1CC[C@@H](CNC(=O)c2ccc(F)c(Cl)c2)N[C@@H](CCN)C1=O. The van der Waals surface area contributed by atoms with Crippen LogP contribution in [0.2, 0.25) is 15.1 Å². The molecule has 0 saturated carbocycles. The number of nitrogens with one attached hydrogen (secondary N) is 6. The number of nitrogens with zero attached hydrogens (tertiary/aromatic N) is 3. The van der Waals surface area contributed by atoms with Crippen LogP contribution < -0.4 is 49.1 Å². The van der Waals surface area contributed by atoms with E-state index in [-0.39, 0.29) is 87.3 Å². The molecule has 0 aliphatic carbocycles. The van der Waals surface area contributed by atoms with Gasteiger partial charge in [0.25, 0.3) is 17.7 Å². The Labute approximate surface area is 530 Å². The minimum atomic E-state index is -0.627. The molecule has 6 rings (SSSR count). The van der Waals surface area contributed by atoms with Crippen molar-refractivity contribution in [1.29, 1.82) is 0 Å². The van der Waals surface area contributed by atoms with Gasteiger partial charge in [-0.3, -0.25) is 28.8 Å². The van der Waals surface area contributed by atoms with Crippen LogP contribution in [0.4, 0.5) is 8.78 Å². The maximum atomic E-state index is 13.6. The van der Waals surface area contributed by atoms with Crippen LogP contribution >= 0.6 is 34.8 Å². The Morgan fingerprint density at radius 3 is 1.13 bits per heavy atom. The number of hydrogen-bond acceptors (Lipinski definition) is 12. The van der Waals surface area contributed by atoms with E-state index in [0.29, 0.717) is 112 Å². The fourth-order valence-electron chi connectivity index (χ4n) is 11.0. The molecule has 6 atom stereocenters. The molecule has 6 amide bonds. The summed E-state index contributed by atoms with van der Waals surface area (Å²) in [5, 5.41) is 19.4. The lowest BCUT2D eigenvalue weighted by molar-refractivity contribution is -0.134. The summed E-state index contributed by atoms with van der Waals surface area (Å²) in [7, 11) is 0. The topological polar surface area (TPSA) is 262 Å². The standard InChI is InChI=1S/C22H35ClN4O2.2C21H32ClFN4O2/c1-4-16(5-2)14-27-11-9-18(26-20(8-10-24)22(27)29)13-25-21(28)17-6-7-19(23)15(3)12-17;1-3-14(4-2)13-27-10-8-16(26-19(7-9-24)21(27)29)12-25-20(28)15-5-6-18(23)17(22)11-15;1-3-14(4-2)13-27-10-8-16(26-19(7-9-24)21(27)29)12-25-20(28)15-5-6-17(22)18(23)11-15/h6-7,12,16,18,20,26H,4-5,8-11,13-14,24H2,1-3H3,(H,25,28);2*5-6,11,14,16,19,26H,3-4,7-10,12-13,24H2,1-2H3,(H,25,28)/t18-,20-;2*16-,19-/m000/s1. The highest BCUT2D eigenvalue weighted by atomic mass is 35.5. The van der Waals surface area contributed by atoms with Crippen LogP contribution in [0.25, 0.3) is 0 Å². The number of carbonyl (C=O) groups is 6. The van der Waals surface area contributed by atoms with E-state index in [9.17, 15) is 37.5 Å². The van der Waals surface area contributed by atoms with Crippen molar-refractivity contribution in [3.63, 3.8) is 0 Å². The fraction of sp³-hybridized carbons (Fsp3) is 0.625. The number of rotatable bonds is 27. The highest BCUT2D eigenvalue weighted by Gasteiger charge is 2.34. The Balaban J connectivity index is 0.000000279. The van der Waals surface area contributed by atoms with Gasteiger partial charge in [0.2, 0.25) is 17.7 Å². The highest BCUT2D eigenvalue weighted by molar-refractivity contribution is 6.31. The van der Waals surface area contributed by atoms with E-state index in [1.807, 2.05) is 21.6 Å². The van der Waals surface area contributed by atoms with Crippen LogP contribution in [0.1, 0.15) is 155 Å². The first-order valence-corrected chi connectivity index (χ1v) is 32.6. The monoisotopic (exact) mass is 1270 g/mol. The zero-order valence-corrected chi connectivity index (χ0v) is 54.5. The number of benzene rings is 3. The Bertz CT molecular complexity index is 2370. The van der Waals surface area contributed by atoms with Crippen molar-refractivity contribution in [2.24, 2.45) is 35.0 Å². The van der Waals surface area contributed by atoms with Crippen LogP contribution in [0.5, 0.6) is 0 Å². The van der Waals surface area contributed by atoms with Crippen molar-refractivity contribution in [2.45, 2.75) is 162 Å². The molecule has 87 heavy (non-hydrogen) atoms. The van der Waals surface area contributed by atoms with Gasteiger partial charge < -0.3 is 63.8 Å². The summed E-state index contributed by atoms with van der Waals surface area (Å²) in [6, 6.07) is 12.0. The van der Waals surface area contributed by atoms with Gasteiger partial charge in [0.1, 0.15) is 11.6 Å². The summed E-state index contributed by atoms with van der Waals surface area (Å²) >= 11 is 17.5. The second-order valence-electron chi connectivity index (χ2n) is 23.1. The van der Waals surface area contributed by atoms with Crippen molar-refractivity contribution in [2.75, 3.05) is 78.5 Å². The molecule has 3 aliphatic heterocycles.